The molecule has 1 aliphatic heterocycles. The van der Waals surface area contributed by atoms with E-state index in [4.69, 9.17) is 9.47 Å². The minimum Gasteiger partial charge on any atom is -0.484 e. The Bertz CT molecular complexity index is 1270. The van der Waals surface area contributed by atoms with E-state index in [0.717, 1.165) is 42.4 Å². The molecule has 1 aliphatic carbocycles. The highest BCUT2D eigenvalue weighted by atomic mass is 16.5. The van der Waals surface area contributed by atoms with Crippen LogP contribution in [-0.2, 0) is 19.1 Å². The summed E-state index contributed by atoms with van der Waals surface area (Å²) < 4.78 is 11.0. The molecular formula is C31H36N2O5. The standard InChI is InChI=1S/C31H36N2O5/c1-5-37-31(36)29-22(4)33(25-14-11-20(2)21(3)17-25)30(35)27(29)18-23-12-15-26(16-13-23)38-19-28(34)32-24-9-7-6-8-10-24/h11-18,24H,5-10,19H2,1-4H3,(H,32,34)/b27-18-. The second-order valence-electron chi connectivity index (χ2n) is 9.91. The third-order valence-electron chi connectivity index (χ3n) is 7.16. The van der Waals surface area contributed by atoms with Crippen molar-refractivity contribution < 1.29 is 23.9 Å². The summed E-state index contributed by atoms with van der Waals surface area (Å²) >= 11 is 0. The molecule has 200 valence electrons. The Morgan fingerprint density at radius 3 is 2.37 bits per heavy atom. The number of allylic oxidation sites excluding steroid dienone is 1. The number of esters is 1. The van der Waals surface area contributed by atoms with Crippen LogP contribution in [0, 0.1) is 13.8 Å². The monoisotopic (exact) mass is 516 g/mol. The van der Waals surface area contributed by atoms with E-state index in [0.29, 0.717) is 17.1 Å². The molecule has 0 bridgehead atoms. The maximum atomic E-state index is 13.6. The number of nitrogens with zero attached hydrogens (tertiary/aromatic N) is 1. The largest absolute Gasteiger partial charge is 0.484 e. The average Bonchev–Trinajstić information content (AvgIpc) is 3.15. The van der Waals surface area contributed by atoms with Gasteiger partial charge in [0.05, 0.1) is 17.8 Å². The van der Waals surface area contributed by atoms with E-state index in [2.05, 4.69) is 5.32 Å². The number of rotatable bonds is 8. The number of amides is 2. The number of hydrogen-bond acceptors (Lipinski definition) is 5. The highest BCUT2D eigenvalue weighted by Gasteiger charge is 2.38. The number of ether oxygens (including phenoxy) is 2. The Labute approximate surface area is 224 Å². The molecule has 1 saturated carbocycles. The molecule has 1 N–H and O–H groups in total. The van der Waals surface area contributed by atoms with Crippen LogP contribution in [0.3, 0.4) is 0 Å². The number of anilines is 1. The molecule has 2 amide bonds. The first-order valence-corrected chi connectivity index (χ1v) is 13.3. The molecule has 2 aliphatic rings. The molecule has 1 heterocycles. The van der Waals surface area contributed by atoms with Gasteiger partial charge in [-0.15, -0.1) is 0 Å². The van der Waals surface area contributed by atoms with Crippen molar-refractivity contribution >= 4 is 29.5 Å². The molecular weight excluding hydrogens is 480 g/mol. The first kappa shape index (κ1) is 27.2. The number of nitrogens with one attached hydrogen (secondary N) is 1. The van der Waals surface area contributed by atoms with Crippen LogP contribution in [0.15, 0.2) is 59.3 Å². The number of benzene rings is 2. The minimum absolute atomic E-state index is 0.0463. The summed E-state index contributed by atoms with van der Waals surface area (Å²) in [6.45, 7) is 7.67. The predicted molar refractivity (Wildman–Crippen MR) is 148 cm³/mol. The van der Waals surface area contributed by atoms with E-state index in [9.17, 15) is 14.4 Å². The molecule has 0 atom stereocenters. The molecule has 0 spiro atoms. The van der Waals surface area contributed by atoms with Crippen molar-refractivity contribution in [2.24, 2.45) is 0 Å². The minimum atomic E-state index is -0.528. The van der Waals surface area contributed by atoms with Crippen LogP contribution in [0.2, 0.25) is 0 Å². The summed E-state index contributed by atoms with van der Waals surface area (Å²) in [5.74, 6) is -0.378. The Balaban J connectivity index is 1.51. The van der Waals surface area contributed by atoms with Crippen molar-refractivity contribution in [2.75, 3.05) is 18.1 Å². The van der Waals surface area contributed by atoms with Gasteiger partial charge in [-0.1, -0.05) is 37.5 Å². The first-order valence-electron chi connectivity index (χ1n) is 13.3. The fraction of sp³-hybridized carbons (Fsp3) is 0.387. The predicted octanol–water partition coefficient (Wildman–Crippen LogP) is 5.40. The SMILES string of the molecule is CCOC(=O)C1=C(C)N(c2ccc(C)c(C)c2)C(=O)/C1=C\c1ccc(OCC(=O)NC2CCCCC2)cc1. The van der Waals surface area contributed by atoms with Crippen LogP contribution in [0.4, 0.5) is 5.69 Å². The van der Waals surface area contributed by atoms with Gasteiger partial charge < -0.3 is 14.8 Å². The summed E-state index contributed by atoms with van der Waals surface area (Å²) in [5.41, 5.74) is 4.68. The summed E-state index contributed by atoms with van der Waals surface area (Å²) in [6.07, 6.45) is 7.28. The van der Waals surface area contributed by atoms with E-state index in [-0.39, 0.29) is 42.2 Å². The Morgan fingerprint density at radius 1 is 1.00 bits per heavy atom. The molecule has 38 heavy (non-hydrogen) atoms. The van der Waals surface area contributed by atoms with Gasteiger partial charge in [0.15, 0.2) is 6.61 Å². The lowest BCUT2D eigenvalue weighted by Crippen LogP contribution is -2.38. The summed E-state index contributed by atoms with van der Waals surface area (Å²) in [7, 11) is 0. The Hall–Kier alpha value is -3.87. The number of aryl methyl sites for hydroxylation is 2. The van der Waals surface area contributed by atoms with Crippen molar-refractivity contribution in [3.05, 3.63) is 76.0 Å². The quantitative estimate of drug-likeness (QED) is 0.375. The van der Waals surface area contributed by atoms with E-state index < -0.39 is 5.97 Å². The highest BCUT2D eigenvalue weighted by Crippen LogP contribution is 2.36. The summed E-state index contributed by atoms with van der Waals surface area (Å²) in [6, 6.07) is 13.1. The topological polar surface area (TPSA) is 84.9 Å². The number of carbonyl (C=O) groups is 3. The normalized spacial score (nSPS) is 17.2. The van der Waals surface area contributed by atoms with Crippen LogP contribution >= 0.6 is 0 Å². The second-order valence-corrected chi connectivity index (χ2v) is 9.91. The van der Waals surface area contributed by atoms with Crippen LogP contribution < -0.4 is 15.0 Å². The van der Waals surface area contributed by atoms with Crippen LogP contribution in [-0.4, -0.2) is 37.0 Å². The third kappa shape index (κ3) is 6.15. The van der Waals surface area contributed by atoms with E-state index >= 15 is 0 Å². The van der Waals surface area contributed by atoms with Crippen molar-refractivity contribution in [3.8, 4) is 5.75 Å². The van der Waals surface area contributed by atoms with Crippen molar-refractivity contribution in [3.63, 3.8) is 0 Å². The maximum absolute atomic E-state index is 13.6. The first-order chi connectivity index (χ1) is 18.3. The smallest absolute Gasteiger partial charge is 0.340 e. The highest BCUT2D eigenvalue weighted by molar-refractivity contribution is 6.23. The molecule has 1 fully saturated rings. The Kier molecular flexibility index (Phi) is 8.66. The van der Waals surface area contributed by atoms with Gasteiger partial charge in [0, 0.05) is 17.4 Å². The van der Waals surface area contributed by atoms with E-state index in [1.54, 1.807) is 49.1 Å². The number of carbonyl (C=O) groups excluding carboxylic acids is 3. The molecule has 2 aromatic carbocycles. The molecule has 4 rings (SSSR count). The summed E-state index contributed by atoms with van der Waals surface area (Å²) in [5, 5.41) is 3.04. The van der Waals surface area contributed by atoms with Crippen LogP contribution in [0.5, 0.6) is 5.75 Å². The van der Waals surface area contributed by atoms with Crippen molar-refractivity contribution in [2.45, 2.75) is 65.8 Å². The van der Waals surface area contributed by atoms with Gasteiger partial charge in [0.2, 0.25) is 0 Å². The zero-order valence-corrected chi connectivity index (χ0v) is 22.6. The maximum Gasteiger partial charge on any atom is 0.340 e. The molecule has 7 heteroatoms. The molecule has 7 nitrogen and oxygen atoms in total. The van der Waals surface area contributed by atoms with E-state index in [1.807, 2.05) is 32.0 Å². The van der Waals surface area contributed by atoms with Crippen LogP contribution in [0.1, 0.15) is 62.6 Å². The zero-order chi connectivity index (χ0) is 27.2. The lowest BCUT2D eigenvalue weighted by molar-refractivity contribution is -0.138. The fourth-order valence-corrected chi connectivity index (χ4v) is 4.95. The molecule has 0 saturated heterocycles. The second kappa shape index (κ2) is 12.1. The molecule has 0 unspecified atom stereocenters. The molecule has 0 aromatic heterocycles. The number of hydrogen-bond donors (Lipinski definition) is 1. The fourth-order valence-electron chi connectivity index (χ4n) is 4.95. The van der Waals surface area contributed by atoms with Gasteiger partial charge in [-0.25, -0.2) is 4.79 Å². The van der Waals surface area contributed by atoms with Crippen molar-refractivity contribution in [1.29, 1.82) is 0 Å². The van der Waals surface area contributed by atoms with Gasteiger partial charge in [0.1, 0.15) is 5.75 Å². The molecule has 0 radical (unpaired) electrons. The lowest BCUT2D eigenvalue weighted by Gasteiger charge is -2.22. The van der Waals surface area contributed by atoms with Crippen molar-refractivity contribution in [1.82, 2.24) is 5.32 Å². The van der Waals surface area contributed by atoms with Gasteiger partial charge >= 0.3 is 5.97 Å². The lowest BCUT2D eigenvalue weighted by atomic mass is 9.95. The third-order valence-corrected chi connectivity index (χ3v) is 7.16. The van der Waals surface area contributed by atoms with Gasteiger partial charge in [-0.2, -0.15) is 0 Å². The zero-order valence-electron chi connectivity index (χ0n) is 22.6. The van der Waals surface area contributed by atoms with Crippen LogP contribution in [0.25, 0.3) is 6.08 Å². The summed E-state index contributed by atoms with van der Waals surface area (Å²) in [4.78, 5) is 40.3. The van der Waals surface area contributed by atoms with Gasteiger partial charge in [0.25, 0.3) is 11.8 Å². The van der Waals surface area contributed by atoms with Gasteiger partial charge in [-0.05, 0) is 87.6 Å². The van der Waals surface area contributed by atoms with Gasteiger partial charge in [-0.3, -0.25) is 14.5 Å². The van der Waals surface area contributed by atoms with E-state index in [1.165, 1.54) is 6.42 Å². The average molecular weight is 517 g/mol. The molecule has 2 aromatic rings. The Morgan fingerprint density at radius 2 is 1.71 bits per heavy atom.